The van der Waals surface area contributed by atoms with Crippen LogP contribution in [0, 0.1) is 5.41 Å². The van der Waals surface area contributed by atoms with Crippen molar-refractivity contribution in [3.8, 4) is 0 Å². The van der Waals surface area contributed by atoms with Gasteiger partial charge in [0.15, 0.2) is 0 Å². The highest BCUT2D eigenvalue weighted by Gasteiger charge is 2.56. The van der Waals surface area contributed by atoms with Crippen molar-refractivity contribution in [1.82, 2.24) is 5.32 Å². The van der Waals surface area contributed by atoms with Crippen LogP contribution in [0.4, 0.5) is 0 Å². The van der Waals surface area contributed by atoms with Crippen LogP contribution in [0.25, 0.3) is 0 Å². The average molecular weight is 229 g/mol. The topological polar surface area (TPSA) is 12.0 Å². The zero-order valence-electron chi connectivity index (χ0n) is 10.8. The van der Waals surface area contributed by atoms with E-state index in [1.807, 2.05) is 0 Å². The van der Waals surface area contributed by atoms with Crippen LogP contribution in [0.15, 0.2) is 30.3 Å². The summed E-state index contributed by atoms with van der Waals surface area (Å²) >= 11 is 0. The minimum atomic E-state index is 0.442. The van der Waals surface area contributed by atoms with E-state index in [4.69, 9.17) is 0 Å². The first-order valence-corrected chi connectivity index (χ1v) is 7.05. The Kier molecular flexibility index (Phi) is 2.74. The lowest BCUT2D eigenvalue weighted by Gasteiger charge is -2.61. The van der Waals surface area contributed by atoms with Gasteiger partial charge in [0.25, 0.3) is 0 Å². The minimum Gasteiger partial charge on any atom is -0.316 e. The molecule has 2 fully saturated rings. The molecule has 1 aromatic carbocycles. The Labute approximate surface area is 105 Å². The summed E-state index contributed by atoms with van der Waals surface area (Å²) < 4.78 is 0. The van der Waals surface area contributed by atoms with Crippen molar-refractivity contribution < 1.29 is 0 Å². The highest BCUT2D eigenvalue weighted by atomic mass is 14.9. The maximum Gasteiger partial charge on any atom is 0.00883 e. The summed E-state index contributed by atoms with van der Waals surface area (Å²) in [6.07, 6.45) is 7.25. The zero-order valence-corrected chi connectivity index (χ0v) is 10.8. The first-order valence-electron chi connectivity index (χ1n) is 7.05. The third-order valence-electron chi connectivity index (χ3n) is 4.94. The number of rotatable bonds is 4. The minimum absolute atomic E-state index is 0.442. The summed E-state index contributed by atoms with van der Waals surface area (Å²) in [6.45, 7) is 4.45. The van der Waals surface area contributed by atoms with Gasteiger partial charge in [-0.2, -0.15) is 0 Å². The molecule has 1 heteroatoms. The van der Waals surface area contributed by atoms with Crippen LogP contribution in [0.5, 0.6) is 0 Å². The van der Waals surface area contributed by atoms with Crippen molar-refractivity contribution in [2.45, 2.75) is 44.4 Å². The van der Waals surface area contributed by atoms with Gasteiger partial charge in [-0.25, -0.2) is 0 Å². The van der Waals surface area contributed by atoms with Crippen LogP contribution >= 0.6 is 0 Å². The lowest BCUT2D eigenvalue weighted by molar-refractivity contribution is -0.0480. The van der Waals surface area contributed by atoms with Gasteiger partial charge in [-0.3, -0.25) is 0 Å². The van der Waals surface area contributed by atoms with E-state index in [1.165, 1.54) is 32.1 Å². The number of likely N-dealkylation sites (N-methyl/N-ethyl adjacent to an activating group) is 1. The van der Waals surface area contributed by atoms with E-state index in [0.29, 0.717) is 5.41 Å². The van der Waals surface area contributed by atoms with Crippen molar-refractivity contribution in [3.63, 3.8) is 0 Å². The summed E-state index contributed by atoms with van der Waals surface area (Å²) in [5.74, 6) is 0. The Hall–Kier alpha value is -0.820. The summed E-state index contributed by atoms with van der Waals surface area (Å²) in [6, 6.07) is 11.2. The Morgan fingerprint density at radius 2 is 1.82 bits per heavy atom. The van der Waals surface area contributed by atoms with Crippen LogP contribution in [0.1, 0.15) is 44.6 Å². The second kappa shape index (κ2) is 4.13. The first-order chi connectivity index (χ1) is 8.29. The lowest BCUT2D eigenvalue weighted by atomic mass is 9.44. The number of hydrogen-bond acceptors (Lipinski definition) is 1. The van der Waals surface area contributed by atoms with E-state index in [-0.39, 0.29) is 0 Å². The van der Waals surface area contributed by atoms with Crippen molar-refractivity contribution in [3.05, 3.63) is 35.9 Å². The van der Waals surface area contributed by atoms with Gasteiger partial charge in [0, 0.05) is 12.0 Å². The number of nitrogens with one attached hydrogen (secondary N) is 1. The maximum atomic E-state index is 3.58. The number of benzene rings is 1. The van der Waals surface area contributed by atoms with Crippen molar-refractivity contribution >= 4 is 0 Å². The summed E-state index contributed by atoms with van der Waals surface area (Å²) in [5, 5.41) is 3.58. The molecular weight excluding hydrogens is 206 g/mol. The van der Waals surface area contributed by atoms with E-state index in [1.54, 1.807) is 5.56 Å². The third kappa shape index (κ3) is 1.81. The average Bonchev–Trinajstić information content (AvgIpc) is 2.27. The van der Waals surface area contributed by atoms with Crippen molar-refractivity contribution in [2.24, 2.45) is 5.41 Å². The Bertz CT molecular complexity index is 370. The molecule has 92 valence electrons. The van der Waals surface area contributed by atoms with Crippen molar-refractivity contribution in [2.75, 3.05) is 13.1 Å². The molecule has 1 N–H and O–H groups in total. The van der Waals surface area contributed by atoms with E-state index in [0.717, 1.165) is 18.5 Å². The van der Waals surface area contributed by atoms with Gasteiger partial charge in [-0.15, -0.1) is 0 Å². The molecule has 1 nitrogen and oxygen atoms in total. The first kappa shape index (κ1) is 11.3. The molecule has 2 aliphatic carbocycles. The Morgan fingerprint density at radius 1 is 1.12 bits per heavy atom. The molecule has 0 unspecified atom stereocenters. The molecule has 0 atom stereocenters. The largest absolute Gasteiger partial charge is 0.316 e. The van der Waals surface area contributed by atoms with Crippen LogP contribution in [-0.2, 0) is 5.41 Å². The monoisotopic (exact) mass is 229 g/mol. The Balaban J connectivity index is 1.78. The molecular formula is C16H23N. The van der Waals surface area contributed by atoms with E-state index in [9.17, 15) is 0 Å². The smallest absolute Gasteiger partial charge is 0.00883 e. The van der Waals surface area contributed by atoms with E-state index in [2.05, 4.69) is 42.6 Å². The van der Waals surface area contributed by atoms with Gasteiger partial charge in [0.1, 0.15) is 0 Å². The van der Waals surface area contributed by atoms with Crippen LogP contribution in [0.2, 0.25) is 0 Å². The van der Waals surface area contributed by atoms with Gasteiger partial charge in [-0.1, -0.05) is 43.7 Å². The lowest BCUT2D eigenvalue weighted by Crippen LogP contribution is -2.57. The fourth-order valence-electron chi connectivity index (χ4n) is 4.00. The van der Waals surface area contributed by atoms with Gasteiger partial charge in [0.05, 0.1) is 0 Å². The molecule has 0 aliphatic heterocycles. The predicted octanol–water partition coefficient (Wildman–Crippen LogP) is 3.50. The molecule has 0 radical (unpaired) electrons. The SMILES string of the molecule is CCNCC1(c2ccccc2)CC2(CCC2)C1. The fraction of sp³-hybridized carbons (Fsp3) is 0.625. The fourth-order valence-corrected chi connectivity index (χ4v) is 4.00. The molecule has 1 aromatic rings. The molecule has 0 saturated heterocycles. The molecule has 3 rings (SSSR count). The molecule has 0 aromatic heterocycles. The predicted molar refractivity (Wildman–Crippen MR) is 72.2 cm³/mol. The van der Waals surface area contributed by atoms with Gasteiger partial charge >= 0.3 is 0 Å². The number of hydrogen-bond donors (Lipinski definition) is 1. The summed E-state index contributed by atoms with van der Waals surface area (Å²) in [4.78, 5) is 0. The Morgan fingerprint density at radius 3 is 2.35 bits per heavy atom. The molecule has 1 spiro atoms. The van der Waals surface area contributed by atoms with Crippen LogP contribution in [-0.4, -0.2) is 13.1 Å². The molecule has 2 saturated carbocycles. The van der Waals surface area contributed by atoms with E-state index >= 15 is 0 Å². The zero-order chi connectivity index (χ0) is 11.8. The maximum absolute atomic E-state index is 3.58. The van der Waals surface area contributed by atoms with E-state index < -0.39 is 0 Å². The quantitative estimate of drug-likeness (QED) is 0.833. The second-order valence-electron chi connectivity index (χ2n) is 6.13. The molecule has 0 bridgehead atoms. The molecule has 2 aliphatic rings. The standard InChI is InChI=1S/C16H23N/c1-2-17-13-16(14-7-4-3-5-8-14)11-15(12-16)9-6-10-15/h3-5,7-8,17H,2,6,9-13H2,1H3. The summed E-state index contributed by atoms with van der Waals surface area (Å²) in [7, 11) is 0. The van der Waals surface area contributed by atoms with Gasteiger partial charge in [-0.05, 0) is 43.2 Å². The normalized spacial score (nSPS) is 24.1. The molecule has 0 heterocycles. The second-order valence-corrected chi connectivity index (χ2v) is 6.13. The summed E-state index contributed by atoms with van der Waals surface area (Å²) in [5.41, 5.74) is 2.74. The van der Waals surface area contributed by atoms with Gasteiger partial charge in [0.2, 0.25) is 0 Å². The molecule has 0 amide bonds. The highest BCUT2D eigenvalue weighted by Crippen LogP contribution is 2.64. The molecule has 17 heavy (non-hydrogen) atoms. The van der Waals surface area contributed by atoms with Gasteiger partial charge < -0.3 is 5.32 Å². The van der Waals surface area contributed by atoms with Crippen LogP contribution in [0.3, 0.4) is 0 Å². The van der Waals surface area contributed by atoms with Crippen LogP contribution < -0.4 is 5.32 Å². The van der Waals surface area contributed by atoms with Crippen molar-refractivity contribution in [1.29, 1.82) is 0 Å². The third-order valence-corrected chi connectivity index (χ3v) is 4.94. The highest BCUT2D eigenvalue weighted by molar-refractivity contribution is 5.32.